The summed E-state index contributed by atoms with van der Waals surface area (Å²) in [4.78, 5) is 15.0. The van der Waals surface area contributed by atoms with Gasteiger partial charge in [0.25, 0.3) is 0 Å². The average molecular weight is 170 g/mol. The third-order valence-electron chi connectivity index (χ3n) is 2.57. The summed E-state index contributed by atoms with van der Waals surface area (Å²) in [5, 5.41) is 0. The second kappa shape index (κ2) is 4.01. The van der Waals surface area contributed by atoms with E-state index >= 15 is 0 Å². The standard InChI is InChI=1S/C9H18N2O/c1-8-6-10(3)7-9(2)11(8)4-5-12/h5,8-9H,4,6-7H2,1-3H3. The Balaban J connectivity index is 2.53. The topological polar surface area (TPSA) is 23.6 Å². The fraction of sp³-hybridized carbons (Fsp3) is 0.889. The molecule has 12 heavy (non-hydrogen) atoms. The van der Waals surface area contributed by atoms with Gasteiger partial charge in [0, 0.05) is 25.2 Å². The summed E-state index contributed by atoms with van der Waals surface area (Å²) >= 11 is 0. The SMILES string of the molecule is CC1CN(C)CC(C)N1CC=O. The normalized spacial score (nSPS) is 33.6. The van der Waals surface area contributed by atoms with Gasteiger partial charge >= 0.3 is 0 Å². The highest BCUT2D eigenvalue weighted by Gasteiger charge is 2.26. The van der Waals surface area contributed by atoms with Crippen molar-refractivity contribution in [2.75, 3.05) is 26.7 Å². The molecular formula is C9H18N2O. The van der Waals surface area contributed by atoms with Gasteiger partial charge in [-0.15, -0.1) is 0 Å². The summed E-state index contributed by atoms with van der Waals surface area (Å²) in [6.45, 7) is 7.07. The molecule has 1 rings (SSSR count). The van der Waals surface area contributed by atoms with Gasteiger partial charge in [0.2, 0.25) is 0 Å². The molecule has 0 N–H and O–H groups in total. The van der Waals surface area contributed by atoms with E-state index in [0.717, 1.165) is 19.4 Å². The van der Waals surface area contributed by atoms with Gasteiger partial charge in [0.15, 0.2) is 0 Å². The highest BCUT2D eigenvalue weighted by Crippen LogP contribution is 2.12. The summed E-state index contributed by atoms with van der Waals surface area (Å²) in [5.74, 6) is 0. The van der Waals surface area contributed by atoms with Crippen LogP contribution in [0.1, 0.15) is 13.8 Å². The Morgan fingerprint density at radius 1 is 1.33 bits per heavy atom. The minimum Gasteiger partial charge on any atom is -0.303 e. The van der Waals surface area contributed by atoms with Crippen LogP contribution in [0.4, 0.5) is 0 Å². The van der Waals surface area contributed by atoms with E-state index < -0.39 is 0 Å². The number of aldehydes is 1. The Morgan fingerprint density at radius 2 is 1.83 bits per heavy atom. The number of hydrogen-bond acceptors (Lipinski definition) is 3. The lowest BCUT2D eigenvalue weighted by Gasteiger charge is -2.42. The van der Waals surface area contributed by atoms with E-state index in [1.165, 1.54) is 0 Å². The molecule has 1 aliphatic heterocycles. The molecule has 0 aromatic rings. The van der Waals surface area contributed by atoms with E-state index in [2.05, 4.69) is 30.7 Å². The fourth-order valence-electron chi connectivity index (χ4n) is 2.07. The van der Waals surface area contributed by atoms with Crippen LogP contribution in [0.2, 0.25) is 0 Å². The van der Waals surface area contributed by atoms with Crippen molar-refractivity contribution in [3.63, 3.8) is 0 Å². The van der Waals surface area contributed by atoms with E-state index in [4.69, 9.17) is 0 Å². The first-order chi connectivity index (χ1) is 5.65. The van der Waals surface area contributed by atoms with Crippen LogP contribution in [0.3, 0.4) is 0 Å². The quantitative estimate of drug-likeness (QED) is 0.553. The van der Waals surface area contributed by atoms with E-state index in [-0.39, 0.29) is 0 Å². The molecule has 70 valence electrons. The van der Waals surface area contributed by atoms with Gasteiger partial charge < -0.3 is 9.69 Å². The minimum atomic E-state index is 0.504. The van der Waals surface area contributed by atoms with Gasteiger partial charge in [-0.3, -0.25) is 4.90 Å². The van der Waals surface area contributed by atoms with E-state index in [1.807, 2.05) is 0 Å². The molecule has 0 aromatic heterocycles. The van der Waals surface area contributed by atoms with Gasteiger partial charge in [0.05, 0.1) is 6.54 Å². The molecule has 3 heteroatoms. The molecule has 0 saturated carbocycles. The largest absolute Gasteiger partial charge is 0.303 e. The lowest BCUT2D eigenvalue weighted by atomic mass is 10.1. The molecule has 0 amide bonds. The predicted molar refractivity (Wildman–Crippen MR) is 49.2 cm³/mol. The molecule has 2 atom stereocenters. The Kier molecular flexibility index (Phi) is 3.23. The van der Waals surface area contributed by atoms with Gasteiger partial charge in [-0.2, -0.15) is 0 Å². The number of carbonyl (C=O) groups excluding carboxylic acids is 1. The summed E-state index contributed by atoms with van der Waals surface area (Å²) in [6.07, 6.45) is 0.998. The molecular weight excluding hydrogens is 152 g/mol. The van der Waals surface area contributed by atoms with Gasteiger partial charge in [-0.05, 0) is 20.9 Å². The summed E-state index contributed by atoms with van der Waals surface area (Å²) < 4.78 is 0. The summed E-state index contributed by atoms with van der Waals surface area (Å²) in [7, 11) is 2.13. The van der Waals surface area contributed by atoms with Crippen LogP contribution in [0.15, 0.2) is 0 Å². The first kappa shape index (κ1) is 9.68. The van der Waals surface area contributed by atoms with E-state index in [0.29, 0.717) is 18.6 Å². The van der Waals surface area contributed by atoms with Crippen LogP contribution in [-0.2, 0) is 4.79 Å². The first-order valence-corrected chi connectivity index (χ1v) is 4.53. The first-order valence-electron chi connectivity index (χ1n) is 4.53. The van der Waals surface area contributed by atoms with Crippen molar-refractivity contribution >= 4 is 6.29 Å². The Hall–Kier alpha value is -0.410. The molecule has 1 aliphatic rings. The Bertz CT molecular complexity index is 149. The second-order valence-corrected chi connectivity index (χ2v) is 3.78. The summed E-state index contributed by atoms with van der Waals surface area (Å²) in [6, 6.07) is 1.01. The van der Waals surface area contributed by atoms with Crippen LogP contribution >= 0.6 is 0 Å². The molecule has 1 saturated heterocycles. The average Bonchev–Trinajstić information content (AvgIpc) is 1.96. The van der Waals surface area contributed by atoms with Crippen molar-refractivity contribution in [1.82, 2.24) is 9.80 Å². The van der Waals surface area contributed by atoms with E-state index in [9.17, 15) is 4.79 Å². The van der Waals surface area contributed by atoms with Crippen LogP contribution in [-0.4, -0.2) is 54.9 Å². The highest BCUT2D eigenvalue weighted by atomic mass is 16.1. The zero-order valence-electron chi connectivity index (χ0n) is 8.16. The third-order valence-corrected chi connectivity index (χ3v) is 2.57. The predicted octanol–water partition coefficient (Wildman–Crippen LogP) is 0.210. The van der Waals surface area contributed by atoms with Crippen molar-refractivity contribution in [3.8, 4) is 0 Å². The monoisotopic (exact) mass is 170 g/mol. The van der Waals surface area contributed by atoms with Crippen molar-refractivity contribution in [2.24, 2.45) is 0 Å². The maximum Gasteiger partial charge on any atom is 0.134 e. The summed E-state index contributed by atoms with van der Waals surface area (Å²) in [5.41, 5.74) is 0. The van der Waals surface area contributed by atoms with Crippen molar-refractivity contribution in [2.45, 2.75) is 25.9 Å². The molecule has 1 fully saturated rings. The molecule has 3 nitrogen and oxygen atoms in total. The zero-order chi connectivity index (χ0) is 9.14. The molecule has 0 aromatic carbocycles. The molecule has 2 unspecified atom stereocenters. The van der Waals surface area contributed by atoms with Crippen molar-refractivity contribution < 1.29 is 4.79 Å². The van der Waals surface area contributed by atoms with Gasteiger partial charge in [-0.25, -0.2) is 0 Å². The Labute approximate surface area is 74.3 Å². The highest BCUT2D eigenvalue weighted by molar-refractivity contribution is 5.52. The van der Waals surface area contributed by atoms with Crippen LogP contribution in [0.25, 0.3) is 0 Å². The molecule has 0 spiro atoms. The van der Waals surface area contributed by atoms with Crippen molar-refractivity contribution in [3.05, 3.63) is 0 Å². The number of carbonyl (C=O) groups is 1. The molecule has 0 radical (unpaired) electrons. The minimum absolute atomic E-state index is 0.504. The van der Waals surface area contributed by atoms with Crippen LogP contribution in [0, 0.1) is 0 Å². The number of hydrogen-bond donors (Lipinski definition) is 0. The molecule has 0 aliphatic carbocycles. The maximum absolute atomic E-state index is 10.4. The smallest absolute Gasteiger partial charge is 0.134 e. The number of piperazine rings is 1. The van der Waals surface area contributed by atoms with E-state index in [1.54, 1.807) is 0 Å². The third kappa shape index (κ3) is 2.05. The van der Waals surface area contributed by atoms with Gasteiger partial charge in [-0.1, -0.05) is 0 Å². The van der Waals surface area contributed by atoms with Crippen LogP contribution in [0.5, 0.6) is 0 Å². The number of nitrogens with zero attached hydrogens (tertiary/aromatic N) is 2. The maximum atomic E-state index is 10.4. The number of rotatable bonds is 2. The number of likely N-dealkylation sites (N-methyl/N-ethyl adjacent to an activating group) is 1. The van der Waals surface area contributed by atoms with Gasteiger partial charge in [0.1, 0.15) is 6.29 Å². The second-order valence-electron chi connectivity index (χ2n) is 3.78. The van der Waals surface area contributed by atoms with Crippen molar-refractivity contribution in [1.29, 1.82) is 0 Å². The lowest BCUT2D eigenvalue weighted by molar-refractivity contribution is -0.110. The lowest BCUT2D eigenvalue weighted by Crippen LogP contribution is -2.55. The zero-order valence-corrected chi connectivity index (χ0v) is 8.16. The molecule has 0 bridgehead atoms. The fourth-order valence-corrected chi connectivity index (χ4v) is 2.07. The van der Waals surface area contributed by atoms with Crippen LogP contribution < -0.4 is 0 Å². The molecule has 1 heterocycles. The Morgan fingerprint density at radius 3 is 2.25 bits per heavy atom.